The first-order valence-electron chi connectivity index (χ1n) is 8.93. The number of aryl methyl sites for hydroxylation is 1. The number of pyridine rings is 1. The second-order valence-corrected chi connectivity index (χ2v) is 6.37. The van der Waals surface area contributed by atoms with Crippen LogP contribution < -0.4 is 10.2 Å². The Morgan fingerprint density at radius 1 is 1.08 bits per heavy atom. The van der Waals surface area contributed by atoms with Crippen molar-refractivity contribution in [3.63, 3.8) is 0 Å². The van der Waals surface area contributed by atoms with Crippen LogP contribution in [0.5, 0.6) is 0 Å². The number of rotatable bonds is 4. The Bertz CT molecular complexity index is 679. The lowest BCUT2D eigenvalue weighted by molar-refractivity contribution is 0.372. The largest absolute Gasteiger partial charge is 0.356 e. The van der Waals surface area contributed by atoms with Gasteiger partial charge in [-0.15, -0.1) is 24.0 Å². The van der Waals surface area contributed by atoms with Gasteiger partial charge in [-0.3, -0.25) is 4.99 Å². The van der Waals surface area contributed by atoms with E-state index >= 15 is 0 Å². The Kier molecular flexibility index (Phi) is 8.15. The van der Waals surface area contributed by atoms with E-state index in [0.29, 0.717) is 0 Å². The van der Waals surface area contributed by atoms with Gasteiger partial charge in [-0.1, -0.05) is 35.9 Å². The number of nitrogens with zero attached hydrogens (tertiary/aromatic N) is 4. The molecule has 0 bridgehead atoms. The lowest BCUT2D eigenvalue weighted by Gasteiger charge is -2.37. The fraction of sp³-hybridized carbons (Fsp3) is 0.400. The van der Waals surface area contributed by atoms with E-state index in [4.69, 9.17) is 0 Å². The van der Waals surface area contributed by atoms with Crippen LogP contribution in [0.4, 0.5) is 5.82 Å². The monoisotopic (exact) mass is 465 g/mol. The highest BCUT2D eigenvalue weighted by Gasteiger charge is 2.20. The highest BCUT2D eigenvalue weighted by molar-refractivity contribution is 14.0. The second kappa shape index (κ2) is 10.4. The summed E-state index contributed by atoms with van der Waals surface area (Å²) in [6.07, 6.45) is 2.86. The van der Waals surface area contributed by atoms with Crippen LogP contribution in [0.25, 0.3) is 0 Å². The van der Waals surface area contributed by atoms with Crippen LogP contribution in [0.2, 0.25) is 0 Å². The summed E-state index contributed by atoms with van der Waals surface area (Å²) in [4.78, 5) is 13.6. The molecular formula is C20H28IN5. The van der Waals surface area contributed by atoms with Gasteiger partial charge in [0.1, 0.15) is 5.82 Å². The molecule has 1 aliphatic heterocycles. The Balaban J connectivity index is 0.00000243. The summed E-state index contributed by atoms with van der Waals surface area (Å²) < 4.78 is 0. The number of piperazine rings is 1. The zero-order chi connectivity index (χ0) is 17.5. The highest BCUT2D eigenvalue weighted by Crippen LogP contribution is 2.12. The second-order valence-electron chi connectivity index (χ2n) is 6.37. The fourth-order valence-corrected chi connectivity index (χ4v) is 3.09. The number of anilines is 1. The van der Waals surface area contributed by atoms with E-state index in [1.54, 1.807) is 0 Å². The summed E-state index contributed by atoms with van der Waals surface area (Å²) in [5, 5.41) is 3.50. The number of aliphatic imine (C=N–C) groups is 1. The van der Waals surface area contributed by atoms with E-state index in [9.17, 15) is 0 Å². The van der Waals surface area contributed by atoms with Crippen molar-refractivity contribution < 1.29 is 0 Å². The zero-order valence-electron chi connectivity index (χ0n) is 15.6. The molecule has 1 aromatic carbocycles. The van der Waals surface area contributed by atoms with Crippen molar-refractivity contribution in [3.05, 3.63) is 59.8 Å². The molecule has 0 saturated carbocycles. The molecule has 0 atom stereocenters. The molecule has 3 rings (SSSR count). The van der Waals surface area contributed by atoms with E-state index in [-0.39, 0.29) is 24.0 Å². The van der Waals surface area contributed by atoms with Crippen molar-refractivity contribution in [3.8, 4) is 0 Å². The third kappa shape index (κ3) is 5.59. The third-order valence-electron chi connectivity index (χ3n) is 4.58. The van der Waals surface area contributed by atoms with Gasteiger partial charge in [0.25, 0.3) is 0 Å². The number of halogens is 1. The predicted molar refractivity (Wildman–Crippen MR) is 120 cm³/mol. The number of hydrogen-bond acceptors (Lipinski definition) is 3. The van der Waals surface area contributed by atoms with Crippen LogP contribution in [0.3, 0.4) is 0 Å². The molecule has 0 radical (unpaired) electrons. The molecule has 26 heavy (non-hydrogen) atoms. The average molecular weight is 465 g/mol. The molecule has 2 aromatic rings. The van der Waals surface area contributed by atoms with Crippen LogP contribution in [0, 0.1) is 6.92 Å². The highest BCUT2D eigenvalue weighted by atomic mass is 127. The quantitative estimate of drug-likeness (QED) is 0.429. The third-order valence-corrected chi connectivity index (χ3v) is 4.58. The average Bonchev–Trinajstić information content (AvgIpc) is 2.68. The van der Waals surface area contributed by atoms with Crippen LogP contribution in [0.1, 0.15) is 11.1 Å². The number of guanidine groups is 1. The van der Waals surface area contributed by atoms with E-state index in [2.05, 4.69) is 62.3 Å². The van der Waals surface area contributed by atoms with Crippen molar-refractivity contribution in [1.29, 1.82) is 0 Å². The molecule has 0 unspecified atom stereocenters. The molecule has 140 valence electrons. The summed E-state index contributed by atoms with van der Waals surface area (Å²) >= 11 is 0. The van der Waals surface area contributed by atoms with Crippen LogP contribution in [-0.2, 0) is 6.42 Å². The van der Waals surface area contributed by atoms with E-state index in [1.165, 1.54) is 11.1 Å². The van der Waals surface area contributed by atoms with Gasteiger partial charge >= 0.3 is 0 Å². The molecule has 1 saturated heterocycles. The Hall–Kier alpha value is -1.83. The number of aromatic nitrogens is 1. The van der Waals surface area contributed by atoms with Gasteiger partial charge in [0.05, 0.1) is 0 Å². The first-order valence-corrected chi connectivity index (χ1v) is 8.93. The van der Waals surface area contributed by atoms with Gasteiger partial charge in [-0.25, -0.2) is 4.98 Å². The van der Waals surface area contributed by atoms with E-state index < -0.39 is 0 Å². The van der Waals surface area contributed by atoms with Crippen LogP contribution >= 0.6 is 24.0 Å². The topological polar surface area (TPSA) is 43.8 Å². The van der Waals surface area contributed by atoms with Crippen LogP contribution in [0.15, 0.2) is 53.7 Å². The van der Waals surface area contributed by atoms with Crippen LogP contribution in [-0.4, -0.2) is 55.6 Å². The summed E-state index contributed by atoms with van der Waals surface area (Å²) in [5.74, 6) is 2.05. The van der Waals surface area contributed by atoms with E-state index in [0.717, 1.165) is 50.9 Å². The van der Waals surface area contributed by atoms with Crippen molar-refractivity contribution in [2.24, 2.45) is 4.99 Å². The molecule has 6 heteroatoms. The molecule has 1 aromatic heterocycles. The van der Waals surface area contributed by atoms with Gasteiger partial charge in [-0.05, 0) is 31.0 Å². The first kappa shape index (κ1) is 20.5. The maximum Gasteiger partial charge on any atom is 0.193 e. The Morgan fingerprint density at radius 3 is 2.42 bits per heavy atom. The standard InChI is InChI=1S/C20H27N5.HI/c1-17-6-8-18(9-7-17)10-12-23-20(21-2)25-15-13-24(14-16-25)19-5-3-4-11-22-19;/h3-9,11H,10,12-16H2,1-2H3,(H,21,23);1H. The van der Waals surface area contributed by atoms with Gasteiger partial charge in [0.15, 0.2) is 5.96 Å². The minimum Gasteiger partial charge on any atom is -0.356 e. The van der Waals surface area contributed by atoms with Gasteiger partial charge < -0.3 is 15.1 Å². The number of benzene rings is 1. The summed E-state index contributed by atoms with van der Waals surface area (Å²) in [7, 11) is 1.86. The molecule has 0 spiro atoms. The normalized spacial score (nSPS) is 14.8. The summed E-state index contributed by atoms with van der Waals surface area (Å²) in [5.41, 5.74) is 2.66. The lowest BCUT2D eigenvalue weighted by Crippen LogP contribution is -2.53. The van der Waals surface area contributed by atoms with Crippen molar-refractivity contribution >= 4 is 35.8 Å². The summed E-state index contributed by atoms with van der Waals surface area (Å²) in [6, 6.07) is 14.8. The van der Waals surface area contributed by atoms with E-state index in [1.807, 2.05) is 25.4 Å². The molecule has 1 N–H and O–H groups in total. The molecule has 5 nitrogen and oxygen atoms in total. The van der Waals surface area contributed by atoms with Crippen molar-refractivity contribution in [2.75, 3.05) is 44.7 Å². The van der Waals surface area contributed by atoms with Gasteiger partial charge in [0, 0.05) is 46.0 Å². The number of nitrogens with one attached hydrogen (secondary N) is 1. The molecule has 0 amide bonds. The van der Waals surface area contributed by atoms with Gasteiger partial charge in [0.2, 0.25) is 0 Å². The lowest BCUT2D eigenvalue weighted by atomic mass is 10.1. The predicted octanol–water partition coefficient (Wildman–Crippen LogP) is 2.95. The first-order chi connectivity index (χ1) is 12.3. The van der Waals surface area contributed by atoms with Gasteiger partial charge in [-0.2, -0.15) is 0 Å². The molecule has 1 fully saturated rings. The summed E-state index contributed by atoms with van der Waals surface area (Å²) in [6.45, 7) is 6.87. The molecule has 1 aliphatic rings. The SMILES string of the molecule is CN=C(NCCc1ccc(C)cc1)N1CCN(c2ccccn2)CC1.I. The fourth-order valence-electron chi connectivity index (χ4n) is 3.09. The maximum atomic E-state index is 4.45. The Labute approximate surface area is 173 Å². The minimum absolute atomic E-state index is 0. The maximum absolute atomic E-state index is 4.45. The molecule has 0 aliphatic carbocycles. The molecule has 2 heterocycles. The minimum atomic E-state index is 0. The zero-order valence-corrected chi connectivity index (χ0v) is 17.9. The van der Waals surface area contributed by atoms with Crippen molar-refractivity contribution in [2.45, 2.75) is 13.3 Å². The molecular weight excluding hydrogens is 437 g/mol. The number of hydrogen-bond donors (Lipinski definition) is 1. The Morgan fingerprint density at radius 2 is 1.81 bits per heavy atom. The van der Waals surface area contributed by atoms with Crippen molar-refractivity contribution in [1.82, 2.24) is 15.2 Å². The smallest absolute Gasteiger partial charge is 0.193 e.